The molecule has 0 aromatic heterocycles. The lowest BCUT2D eigenvalue weighted by molar-refractivity contribution is 0.445. The van der Waals surface area contributed by atoms with Crippen LogP contribution >= 0.6 is 0 Å². The van der Waals surface area contributed by atoms with Crippen molar-refractivity contribution in [2.75, 3.05) is 6.54 Å². The van der Waals surface area contributed by atoms with E-state index in [0.29, 0.717) is 11.8 Å². The first-order chi connectivity index (χ1) is 8.08. The maximum atomic E-state index is 3.64. The molecule has 0 aliphatic heterocycles. The summed E-state index contributed by atoms with van der Waals surface area (Å²) >= 11 is 0. The van der Waals surface area contributed by atoms with Crippen molar-refractivity contribution in [3.05, 3.63) is 34.9 Å². The van der Waals surface area contributed by atoms with E-state index in [1.807, 2.05) is 0 Å². The zero-order chi connectivity index (χ0) is 12.4. The van der Waals surface area contributed by atoms with Crippen molar-refractivity contribution < 1.29 is 0 Å². The van der Waals surface area contributed by atoms with Crippen LogP contribution in [0.1, 0.15) is 49.3 Å². The lowest BCUT2D eigenvalue weighted by atomic mass is 9.86. The topological polar surface area (TPSA) is 12.0 Å². The minimum atomic E-state index is 0.641. The van der Waals surface area contributed by atoms with Crippen LogP contribution in [0.25, 0.3) is 0 Å². The molecule has 2 atom stereocenters. The van der Waals surface area contributed by atoms with E-state index < -0.39 is 0 Å². The van der Waals surface area contributed by atoms with Gasteiger partial charge in [-0.25, -0.2) is 0 Å². The smallest absolute Gasteiger partial charge is 0.00683 e. The van der Waals surface area contributed by atoms with Gasteiger partial charge in [0.2, 0.25) is 0 Å². The number of benzene rings is 1. The van der Waals surface area contributed by atoms with Crippen LogP contribution in [-0.4, -0.2) is 12.6 Å². The Kier molecular flexibility index (Phi) is 3.88. The molecule has 0 spiro atoms. The second-order valence-electron chi connectivity index (χ2n) is 5.81. The summed E-state index contributed by atoms with van der Waals surface area (Å²) in [4.78, 5) is 0. The number of hydrogen-bond acceptors (Lipinski definition) is 1. The molecule has 1 fully saturated rings. The van der Waals surface area contributed by atoms with Crippen molar-refractivity contribution in [2.24, 2.45) is 5.92 Å². The minimum absolute atomic E-state index is 0.641. The summed E-state index contributed by atoms with van der Waals surface area (Å²) in [6.07, 6.45) is 2.76. The average Bonchev–Trinajstić information content (AvgIpc) is 3.09. The van der Waals surface area contributed by atoms with E-state index in [1.54, 1.807) is 0 Å². The Morgan fingerprint density at radius 1 is 1.24 bits per heavy atom. The molecule has 0 bridgehead atoms. The van der Waals surface area contributed by atoms with Gasteiger partial charge in [0.1, 0.15) is 0 Å². The monoisotopic (exact) mass is 231 g/mol. The fourth-order valence-electron chi connectivity index (χ4n) is 2.46. The van der Waals surface area contributed by atoms with Gasteiger partial charge in [0.15, 0.2) is 0 Å². The fraction of sp³-hybridized carbons (Fsp3) is 0.625. The van der Waals surface area contributed by atoms with E-state index in [0.717, 1.165) is 12.6 Å². The summed E-state index contributed by atoms with van der Waals surface area (Å²) in [5.74, 6) is 1.35. The Morgan fingerprint density at radius 3 is 2.53 bits per heavy atom. The molecule has 17 heavy (non-hydrogen) atoms. The predicted molar refractivity (Wildman–Crippen MR) is 74.5 cm³/mol. The molecule has 0 saturated heterocycles. The van der Waals surface area contributed by atoms with E-state index in [9.17, 15) is 0 Å². The van der Waals surface area contributed by atoms with Crippen LogP contribution in [0.3, 0.4) is 0 Å². The Hall–Kier alpha value is -0.820. The summed E-state index contributed by atoms with van der Waals surface area (Å²) in [5, 5.41) is 3.64. The van der Waals surface area contributed by atoms with Crippen LogP contribution in [0.5, 0.6) is 0 Å². The lowest BCUT2D eigenvalue weighted by Crippen LogP contribution is -2.26. The number of hydrogen-bond donors (Lipinski definition) is 1. The minimum Gasteiger partial charge on any atom is -0.314 e. The van der Waals surface area contributed by atoms with Crippen molar-refractivity contribution in [1.29, 1.82) is 0 Å². The highest BCUT2D eigenvalue weighted by Crippen LogP contribution is 2.28. The van der Waals surface area contributed by atoms with Gasteiger partial charge in [0.05, 0.1) is 0 Å². The zero-order valence-corrected chi connectivity index (χ0v) is 11.6. The average molecular weight is 231 g/mol. The molecule has 1 saturated carbocycles. The highest BCUT2D eigenvalue weighted by Gasteiger charge is 2.23. The molecule has 0 heterocycles. The van der Waals surface area contributed by atoms with E-state index in [1.165, 1.54) is 29.5 Å². The van der Waals surface area contributed by atoms with Gasteiger partial charge in [0.25, 0.3) is 0 Å². The molecule has 0 radical (unpaired) electrons. The van der Waals surface area contributed by atoms with Crippen molar-refractivity contribution in [1.82, 2.24) is 5.32 Å². The van der Waals surface area contributed by atoms with Gasteiger partial charge in [-0.2, -0.15) is 0 Å². The third kappa shape index (κ3) is 3.32. The quantitative estimate of drug-likeness (QED) is 0.813. The largest absolute Gasteiger partial charge is 0.314 e. The van der Waals surface area contributed by atoms with Crippen LogP contribution in [-0.2, 0) is 0 Å². The van der Waals surface area contributed by atoms with Crippen molar-refractivity contribution in [2.45, 2.75) is 52.5 Å². The van der Waals surface area contributed by atoms with Gasteiger partial charge in [-0.15, -0.1) is 0 Å². The normalized spacial score (nSPS) is 19.1. The highest BCUT2D eigenvalue weighted by molar-refractivity contribution is 5.33. The van der Waals surface area contributed by atoms with Gasteiger partial charge in [-0.05, 0) is 56.2 Å². The Labute approximate surface area is 106 Å². The SMILES string of the molecule is Cc1ccc(C(C)C(C)CNC2CC2)c(C)c1. The van der Waals surface area contributed by atoms with E-state index in [-0.39, 0.29) is 0 Å². The third-order valence-corrected chi connectivity index (χ3v) is 4.08. The summed E-state index contributed by atoms with van der Waals surface area (Å²) in [6, 6.07) is 7.67. The first-order valence-electron chi connectivity index (χ1n) is 6.88. The van der Waals surface area contributed by atoms with E-state index in [4.69, 9.17) is 0 Å². The van der Waals surface area contributed by atoms with E-state index >= 15 is 0 Å². The van der Waals surface area contributed by atoms with Crippen molar-refractivity contribution in [3.63, 3.8) is 0 Å². The molecule has 2 rings (SSSR count). The van der Waals surface area contributed by atoms with Gasteiger partial charge in [-0.1, -0.05) is 37.6 Å². The molecule has 94 valence electrons. The molecule has 0 amide bonds. The van der Waals surface area contributed by atoms with Crippen molar-refractivity contribution in [3.8, 4) is 0 Å². The van der Waals surface area contributed by atoms with Crippen LogP contribution in [0, 0.1) is 19.8 Å². The summed E-state index contributed by atoms with van der Waals surface area (Å²) < 4.78 is 0. The molecule has 1 aromatic rings. The maximum absolute atomic E-state index is 3.64. The molecule has 1 aliphatic carbocycles. The lowest BCUT2D eigenvalue weighted by Gasteiger charge is -2.22. The fourth-order valence-corrected chi connectivity index (χ4v) is 2.46. The molecule has 1 aromatic carbocycles. The Bertz CT molecular complexity index is 379. The number of nitrogens with one attached hydrogen (secondary N) is 1. The summed E-state index contributed by atoms with van der Waals surface area (Å²) in [6.45, 7) is 10.3. The van der Waals surface area contributed by atoms with E-state index in [2.05, 4.69) is 51.2 Å². The molecular formula is C16H25N. The van der Waals surface area contributed by atoms with Crippen LogP contribution < -0.4 is 5.32 Å². The van der Waals surface area contributed by atoms with Gasteiger partial charge < -0.3 is 5.32 Å². The Morgan fingerprint density at radius 2 is 1.94 bits per heavy atom. The Balaban J connectivity index is 1.98. The first kappa shape index (κ1) is 12.6. The standard InChI is InChI=1S/C16H25N/c1-11-5-8-16(12(2)9-11)14(4)13(3)10-17-15-6-7-15/h5,8-9,13-15,17H,6-7,10H2,1-4H3. The second-order valence-corrected chi connectivity index (χ2v) is 5.81. The molecule has 1 N–H and O–H groups in total. The first-order valence-corrected chi connectivity index (χ1v) is 6.88. The van der Waals surface area contributed by atoms with Gasteiger partial charge in [-0.3, -0.25) is 0 Å². The zero-order valence-electron chi connectivity index (χ0n) is 11.6. The van der Waals surface area contributed by atoms with Crippen LogP contribution in [0.4, 0.5) is 0 Å². The van der Waals surface area contributed by atoms with Crippen LogP contribution in [0.2, 0.25) is 0 Å². The molecule has 1 nitrogen and oxygen atoms in total. The third-order valence-electron chi connectivity index (χ3n) is 4.08. The molecule has 2 unspecified atom stereocenters. The van der Waals surface area contributed by atoms with Crippen molar-refractivity contribution >= 4 is 0 Å². The molecular weight excluding hydrogens is 206 g/mol. The van der Waals surface area contributed by atoms with Gasteiger partial charge >= 0.3 is 0 Å². The summed E-state index contributed by atoms with van der Waals surface area (Å²) in [7, 11) is 0. The van der Waals surface area contributed by atoms with Gasteiger partial charge in [0, 0.05) is 6.04 Å². The highest BCUT2D eigenvalue weighted by atomic mass is 14.9. The summed E-state index contributed by atoms with van der Waals surface area (Å²) in [5.41, 5.74) is 4.32. The number of aryl methyl sites for hydroxylation is 2. The number of rotatable bonds is 5. The molecule has 1 aliphatic rings. The predicted octanol–water partition coefficient (Wildman–Crippen LogP) is 3.80. The molecule has 1 heteroatoms. The maximum Gasteiger partial charge on any atom is 0.00683 e. The second kappa shape index (κ2) is 5.22. The van der Waals surface area contributed by atoms with Crippen LogP contribution in [0.15, 0.2) is 18.2 Å².